The average molecular weight is 362 g/mol. The highest BCUT2D eigenvalue weighted by Crippen LogP contribution is 2.38. The van der Waals surface area contributed by atoms with E-state index in [4.69, 9.17) is 29.6 Å². The number of ether oxygens (including phenoxy) is 4. The lowest BCUT2D eigenvalue weighted by atomic mass is 10.0. The van der Waals surface area contributed by atoms with Crippen molar-refractivity contribution in [2.45, 2.75) is 19.8 Å². The minimum Gasteiger partial charge on any atom is -0.493 e. The average Bonchev–Trinajstić information content (AvgIpc) is 2.63. The Bertz CT molecular complexity index is 698. The smallest absolute Gasteiger partial charge is 0.306 e. The summed E-state index contributed by atoms with van der Waals surface area (Å²) in [6.45, 7) is 0.834. The zero-order valence-corrected chi connectivity index (χ0v) is 15.3. The summed E-state index contributed by atoms with van der Waals surface area (Å²) in [6, 6.07) is 5.17. The van der Waals surface area contributed by atoms with Crippen LogP contribution in [0.15, 0.2) is 12.1 Å². The number of ketones is 1. The molecule has 0 fully saturated rings. The van der Waals surface area contributed by atoms with Gasteiger partial charge < -0.3 is 24.4 Å². The molecule has 8 nitrogen and oxygen atoms in total. The molecule has 0 saturated carbocycles. The Morgan fingerprint density at radius 2 is 1.73 bits per heavy atom. The standard InChI is InChI=1S/C18H22N2O6/c1-11(20)13(9-19)14(21)10-26-17(22)6-5-12-7-15(23-2)18(25-4)16(8-12)24-3/h7-8,13,20H,5-6,10H2,1-4H3. The second kappa shape index (κ2) is 10.0. The van der Waals surface area contributed by atoms with Gasteiger partial charge in [-0.05, 0) is 31.0 Å². The maximum atomic E-state index is 11.8. The summed E-state index contributed by atoms with van der Waals surface area (Å²) in [4.78, 5) is 23.6. The third-order valence-electron chi connectivity index (χ3n) is 3.60. The van der Waals surface area contributed by atoms with Gasteiger partial charge in [0.25, 0.3) is 0 Å². The van der Waals surface area contributed by atoms with Gasteiger partial charge in [-0.25, -0.2) is 0 Å². The van der Waals surface area contributed by atoms with Crippen LogP contribution < -0.4 is 14.2 Å². The van der Waals surface area contributed by atoms with Crippen LogP contribution in [0.5, 0.6) is 17.2 Å². The van der Waals surface area contributed by atoms with Crippen LogP contribution in [-0.2, 0) is 20.7 Å². The van der Waals surface area contributed by atoms with Gasteiger partial charge in [-0.3, -0.25) is 9.59 Å². The number of methoxy groups -OCH3 is 3. The number of carbonyl (C=O) groups excluding carboxylic acids is 2. The van der Waals surface area contributed by atoms with Gasteiger partial charge in [0.2, 0.25) is 5.75 Å². The normalized spacial score (nSPS) is 11.0. The van der Waals surface area contributed by atoms with Crippen LogP contribution in [0, 0.1) is 22.7 Å². The lowest BCUT2D eigenvalue weighted by Gasteiger charge is -2.14. The minimum absolute atomic E-state index is 0.0344. The molecule has 0 aromatic heterocycles. The predicted octanol–water partition coefficient (Wildman–Crippen LogP) is 1.94. The van der Waals surface area contributed by atoms with Crippen molar-refractivity contribution >= 4 is 17.5 Å². The predicted molar refractivity (Wildman–Crippen MR) is 92.9 cm³/mol. The number of Topliss-reactive ketones (excluding diaryl/α,β-unsaturated/α-hetero) is 1. The number of nitriles is 1. The largest absolute Gasteiger partial charge is 0.493 e. The molecule has 0 heterocycles. The summed E-state index contributed by atoms with van der Waals surface area (Å²) in [5.41, 5.74) is 0.694. The number of rotatable bonds is 10. The molecule has 1 rings (SSSR count). The van der Waals surface area contributed by atoms with Crippen LogP contribution in [0.4, 0.5) is 0 Å². The fourth-order valence-electron chi connectivity index (χ4n) is 2.24. The number of esters is 1. The van der Waals surface area contributed by atoms with Crippen molar-refractivity contribution in [2.24, 2.45) is 5.92 Å². The second-order valence-electron chi connectivity index (χ2n) is 5.41. The van der Waals surface area contributed by atoms with E-state index in [9.17, 15) is 9.59 Å². The molecule has 1 aromatic rings. The fraction of sp³-hybridized carbons (Fsp3) is 0.444. The van der Waals surface area contributed by atoms with Gasteiger partial charge in [-0.15, -0.1) is 0 Å². The van der Waals surface area contributed by atoms with Crippen molar-refractivity contribution in [1.82, 2.24) is 0 Å². The molecule has 8 heteroatoms. The highest BCUT2D eigenvalue weighted by molar-refractivity contribution is 6.05. The molecule has 1 N–H and O–H groups in total. The van der Waals surface area contributed by atoms with Gasteiger partial charge in [0.1, 0.15) is 5.92 Å². The van der Waals surface area contributed by atoms with E-state index in [1.807, 2.05) is 0 Å². The van der Waals surface area contributed by atoms with Gasteiger partial charge in [0, 0.05) is 12.1 Å². The Morgan fingerprint density at radius 1 is 1.15 bits per heavy atom. The third-order valence-corrected chi connectivity index (χ3v) is 3.60. The zero-order valence-electron chi connectivity index (χ0n) is 15.3. The summed E-state index contributed by atoms with van der Waals surface area (Å²) < 4.78 is 20.6. The van der Waals surface area contributed by atoms with Crippen molar-refractivity contribution in [3.8, 4) is 23.3 Å². The Kier molecular flexibility index (Phi) is 8.09. The molecule has 0 aliphatic rings. The molecule has 0 spiro atoms. The van der Waals surface area contributed by atoms with E-state index in [0.717, 1.165) is 5.56 Å². The summed E-state index contributed by atoms with van der Waals surface area (Å²) in [5, 5.41) is 16.2. The van der Waals surface area contributed by atoms with Crippen LogP contribution >= 0.6 is 0 Å². The summed E-state index contributed by atoms with van der Waals surface area (Å²) >= 11 is 0. The molecule has 0 bridgehead atoms. The van der Waals surface area contributed by atoms with Crippen LogP contribution in [0.1, 0.15) is 18.9 Å². The second-order valence-corrected chi connectivity index (χ2v) is 5.41. The lowest BCUT2D eigenvalue weighted by Crippen LogP contribution is -2.25. The minimum atomic E-state index is -1.18. The van der Waals surface area contributed by atoms with E-state index in [0.29, 0.717) is 23.7 Å². The Hall–Kier alpha value is -3.08. The van der Waals surface area contributed by atoms with E-state index in [1.165, 1.54) is 28.3 Å². The molecular formula is C18H22N2O6. The Morgan fingerprint density at radius 3 is 2.15 bits per heavy atom. The molecule has 1 atom stereocenters. The van der Waals surface area contributed by atoms with Gasteiger partial charge >= 0.3 is 5.97 Å². The number of hydrogen-bond donors (Lipinski definition) is 1. The molecule has 0 saturated heterocycles. The van der Waals surface area contributed by atoms with Crippen LogP contribution in [0.25, 0.3) is 0 Å². The monoisotopic (exact) mass is 362 g/mol. The van der Waals surface area contributed by atoms with Crippen molar-refractivity contribution in [1.29, 1.82) is 10.7 Å². The van der Waals surface area contributed by atoms with Crippen LogP contribution in [0.2, 0.25) is 0 Å². The number of benzene rings is 1. The van der Waals surface area contributed by atoms with E-state index in [1.54, 1.807) is 18.2 Å². The van der Waals surface area contributed by atoms with E-state index in [2.05, 4.69) is 0 Å². The molecular weight excluding hydrogens is 340 g/mol. The molecule has 0 aliphatic heterocycles. The Labute approximate surface area is 152 Å². The zero-order chi connectivity index (χ0) is 19.7. The van der Waals surface area contributed by atoms with Gasteiger partial charge in [-0.2, -0.15) is 5.26 Å². The maximum absolute atomic E-state index is 11.8. The number of carbonyl (C=O) groups is 2. The highest BCUT2D eigenvalue weighted by atomic mass is 16.5. The van der Waals surface area contributed by atoms with Gasteiger partial charge in [-0.1, -0.05) is 0 Å². The SMILES string of the molecule is COc1cc(CCC(=O)OCC(=O)C(C#N)C(C)=N)cc(OC)c1OC. The van der Waals surface area contributed by atoms with E-state index >= 15 is 0 Å². The first-order valence-corrected chi connectivity index (χ1v) is 7.79. The maximum Gasteiger partial charge on any atom is 0.306 e. The first-order valence-electron chi connectivity index (χ1n) is 7.79. The molecule has 0 amide bonds. The van der Waals surface area contributed by atoms with Crippen molar-refractivity contribution in [3.63, 3.8) is 0 Å². The molecule has 0 radical (unpaired) electrons. The van der Waals surface area contributed by atoms with Gasteiger partial charge in [0.05, 0.1) is 27.4 Å². The van der Waals surface area contributed by atoms with Gasteiger partial charge in [0.15, 0.2) is 23.9 Å². The first kappa shape index (κ1) is 21.0. The molecule has 26 heavy (non-hydrogen) atoms. The lowest BCUT2D eigenvalue weighted by molar-refractivity contribution is -0.148. The van der Waals surface area contributed by atoms with Crippen LogP contribution in [-0.4, -0.2) is 45.4 Å². The highest BCUT2D eigenvalue weighted by Gasteiger charge is 2.21. The van der Waals surface area contributed by atoms with E-state index < -0.39 is 24.3 Å². The number of hydrogen-bond acceptors (Lipinski definition) is 8. The first-order chi connectivity index (χ1) is 12.4. The topological polar surface area (TPSA) is 119 Å². The summed E-state index contributed by atoms with van der Waals surface area (Å²) in [5.74, 6) is -0.964. The summed E-state index contributed by atoms with van der Waals surface area (Å²) in [6.07, 6.45) is 0.377. The third kappa shape index (κ3) is 5.48. The number of aryl methyl sites for hydroxylation is 1. The quantitative estimate of drug-likeness (QED) is 0.499. The number of nitrogens with zero attached hydrogens (tertiary/aromatic N) is 1. The molecule has 1 aromatic carbocycles. The molecule has 140 valence electrons. The van der Waals surface area contributed by atoms with E-state index in [-0.39, 0.29) is 12.1 Å². The fourth-order valence-corrected chi connectivity index (χ4v) is 2.24. The van der Waals surface area contributed by atoms with Crippen molar-refractivity contribution < 1.29 is 28.5 Å². The summed E-state index contributed by atoms with van der Waals surface area (Å²) in [7, 11) is 4.49. The molecule has 0 aliphatic carbocycles. The molecule has 1 unspecified atom stereocenters. The Balaban J connectivity index is 2.67. The van der Waals surface area contributed by atoms with Crippen molar-refractivity contribution in [3.05, 3.63) is 17.7 Å². The van der Waals surface area contributed by atoms with Crippen molar-refractivity contribution in [2.75, 3.05) is 27.9 Å². The number of nitrogens with one attached hydrogen (secondary N) is 1. The van der Waals surface area contributed by atoms with Crippen LogP contribution in [0.3, 0.4) is 0 Å².